The lowest BCUT2D eigenvalue weighted by atomic mass is 10.1. The molecular weight excluding hydrogens is 236 g/mol. The van der Waals surface area contributed by atoms with Gasteiger partial charge in [0.15, 0.2) is 0 Å². The van der Waals surface area contributed by atoms with E-state index in [1.807, 2.05) is 30.8 Å². The Balaban J connectivity index is 2.19. The van der Waals surface area contributed by atoms with Gasteiger partial charge in [-0.1, -0.05) is 11.2 Å². The third-order valence-corrected chi connectivity index (χ3v) is 3.35. The third kappa shape index (κ3) is 1.62. The van der Waals surface area contributed by atoms with Crippen molar-refractivity contribution in [3.63, 3.8) is 0 Å². The Morgan fingerprint density at radius 3 is 3.00 bits per heavy atom. The van der Waals surface area contributed by atoms with E-state index in [1.54, 1.807) is 22.2 Å². The number of nitrogens with zero attached hydrogens (tertiary/aromatic N) is 3. The van der Waals surface area contributed by atoms with Gasteiger partial charge in [-0.3, -0.25) is 4.68 Å². The fourth-order valence-electron chi connectivity index (χ4n) is 1.70. The van der Waals surface area contributed by atoms with Gasteiger partial charge in [0, 0.05) is 23.7 Å². The molecule has 0 radical (unpaired) electrons. The SMILES string of the molecule is Cn1cc(-c2noc(N)c2-c2cccs2)cn1. The topological polar surface area (TPSA) is 69.9 Å². The lowest BCUT2D eigenvalue weighted by Gasteiger charge is -1.95. The van der Waals surface area contributed by atoms with Crippen LogP contribution in [0.4, 0.5) is 5.88 Å². The van der Waals surface area contributed by atoms with Crippen molar-refractivity contribution in [2.75, 3.05) is 5.73 Å². The summed E-state index contributed by atoms with van der Waals surface area (Å²) in [5.41, 5.74) is 8.30. The Hall–Kier alpha value is -2.08. The van der Waals surface area contributed by atoms with Crippen LogP contribution in [0.1, 0.15) is 0 Å². The zero-order valence-electron chi connectivity index (χ0n) is 9.12. The summed E-state index contributed by atoms with van der Waals surface area (Å²) >= 11 is 1.60. The maximum absolute atomic E-state index is 5.83. The zero-order chi connectivity index (χ0) is 11.8. The minimum absolute atomic E-state index is 0.339. The predicted octanol–water partition coefficient (Wildman–Crippen LogP) is 2.39. The molecule has 0 aliphatic carbocycles. The van der Waals surface area contributed by atoms with Crippen LogP contribution in [-0.4, -0.2) is 14.9 Å². The van der Waals surface area contributed by atoms with E-state index in [0.29, 0.717) is 5.88 Å². The smallest absolute Gasteiger partial charge is 0.231 e. The van der Waals surface area contributed by atoms with Crippen molar-refractivity contribution >= 4 is 17.2 Å². The highest BCUT2D eigenvalue weighted by Gasteiger charge is 2.18. The minimum Gasteiger partial charge on any atom is -0.367 e. The van der Waals surface area contributed by atoms with Crippen LogP contribution < -0.4 is 5.73 Å². The fraction of sp³-hybridized carbons (Fsp3) is 0.0909. The zero-order valence-corrected chi connectivity index (χ0v) is 9.94. The van der Waals surface area contributed by atoms with E-state index in [9.17, 15) is 0 Å². The number of hydrogen-bond acceptors (Lipinski definition) is 5. The number of nitrogens with two attached hydrogens (primary N) is 1. The van der Waals surface area contributed by atoms with E-state index < -0.39 is 0 Å². The first-order valence-electron chi connectivity index (χ1n) is 5.04. The molecule has 3 aromatic rings. The molecule has 3 aromatic heterocycles. The Kier molecular flexibility index (Phi) is 2.22. The summed E-state index contributed by atoms with van der Waals surface area (Å²) in [7, 11) is 1.86. The van der Waals surface area contributed by atoms with E-state index in [4.69, 9.17) is 10.3 Å². The summed E-state index contributed by atoms with van der Waals surface area (Å²) in [5, 5.41) is 10.1. The molecule has 3 rings (SSSR count). The first-order valence-corrected chi connectivity index (χ1v) is 5.91. The third-order valence-electron chi connectivity index (χ3n) is 2.46. The van der Waals surface area contributed by atoms with E-state index >= 15 is 0 Å². The summed E-state index contributed by atoms with van der Waals surface area (Å²) in [6.45, 7) is 0. The Morgan fingerprint density at radius 1 is 1.47 bits per heavy atom. The van der Waals surface area contributed by atoms with Gasteiger partial charge in [-0.25, -0.2) is 0 Å². The second kappa shape index (κ2) is 3.74. The molecule has 0 unspecified atom stereocenters. The van der Waals surface area contributed by atoms with Crippen LogP contribution in [0.5, 0.6) is 0 Å². The Morgan fingerprint density at radius 2 is 2.35 bits per heavy atom. The fourth-order valence-corrected chi connectivity index (χ4v) is 2.48. The normalized spacial score (nSPS) is 10.9. The van der Waals surface area contributed by atoms with Gasteiger partial charge in [0.2, 0.25) is 5.88 Å². The van der Waals surface area contributed by atoms with Gasteiger partial charge in [-0.2, -0.15) is 5.10 Å². The van der Waals surface area contributed by atoms with Crippen LogP contribution in [0.25, 0.3) is 21.7 Å². The summed E-state index contributed by atoms with van der Waals surface area (Å²) < 4.78 is 6.80. The summed E-state index contributed by atoms with van der Waals surface area (Å²) in [6, 6.07) is 3.97. The quantitative estimate of drug-likeness (QED) is 0.753. The van der Waals surface area contributed by atoms with Crippen molar-refractivity contribution in [2.45, 2.75) is 0 Å². The van der Waals surface area contributed by atoms with Gasteiger partial charge < -0.3 is 10.3 Å². The molecule has 5 nitrogen and oxygen atoms in total. The molecule has 86 valence electrons. The molecular formula is C11H10N4OS. The van der Waals surface area contributed by atoms with Gasteiger partial charge in [0.1, 0.15) is 5.69 Å². The number of aromatic nitrogens is 3. The lowest BCUT2D eigenvalue weighted by Crippen LogP contribution is -1.85. The van der Waals surface area contributed by atoms with Gasteiger partial charge in [0.05, 0.1) is 11.8 Å². The molecule has 17 heavy (non-hydrogen) atoms. The van der Waals surface area contributed by atoms with Gasteiger partial charge in [-0.05, 0) is 11.4 Å². The molecule has 3 heterocycles. The molecule has 0 fully saturated rings. The maximum Gasteiger partial charge on any atom is 0.231 e. The molecule has 2 N–H and O–H groups in total. The molecule has 0 aromatic carbocycles. The molecule has 0 amide bonds. The number of hydrogen-bond donors (Lipinski definition) is 1. The lowest BCUT2D eigenvalue weighted by molar-refractivity contribution is 0.439. The van der Waals surface area contributed by atoms with Crippen molar-refractivity contribution in [3.8, 4) is 21.7 Å². The Bertz CT molecular complexity index is 638. The number of aryl methyl sites for hydroxylation is 1. The predicted molar refractivity (Wildman–Crippen MR) is 66.4 cm³/mol. The highest BCUT2D eigenvalue weighted by atomic mass is 32.1. The second-order valence-corrected chi connectivity index (χ2v) is 4.60. The number of thiophene rings is 1. The van der Waals surface area contributed by atoms with Gasteiger partial charge in [-0.15, -0.1) is 11.3 Å². The van der Waals surface area contributed by atoms with Crippen LogP contribution in [0, 0.1) is 0 Å². The van der Waals surface area contributed by atoms with Crippen molar-refractivity contribution in [1.29, 1.82) is 0 Å². The van der Waals surface area contributed by atoms with Gasteiger partial charge >= 0.3 is 0 Å². The Labute approximate surface area is 101 Å². The van der Waals surface area contributed by atoms with Crippen molar-refractivity contribution in [3.05, 3.63) is 29.9 Å². The van der Waals surface area contributed by atoms with E-state index in [-0.39, 0.29) is 0 Å². The number of rotatable bonds is 2. The monoisotopic (exact) mass is 246 g/mol. The number of nitrogen functional groups attached to an aromatic ring is 1. The van der Waals surface area contributed by atoms with Gasteiger partial charge in [0.25, 0.3) is 0 Å². The van der Waals surface area contributed by atoms with Crippen LogP contribution in [0.15, 0.2) is 34.4 Å². The van der Waals surface area contributed by atoms with E-state index in [0.717, 1.165) is 21.7 Å². The van der Waals surface area contributed by atoms with E-state index in [2.05, 4.69) is 10.3 Å². The molecule has 0 atom stereocenters. The van der Waals surface area contributed by atoms with Crippen LogP contribution in [0.3, 0.4) is 0 Å². The first-order chi connectivity index (χ1) is 8.25. The van der Waals surface area contributed by atoms with E-state index in [1.165, 1.54) is 0 Å². The molecule has 0 spiro atoms. The van der Waals surface area contributed by atoms with Crippen LogP contribution in [0.2, 0.25) is 0 Å². The largest absolute Gasteiger partial charge is 0.367 e. The van der Waals surface area contributed by atoms with Crippen molar-refractivity contribution in [1.82, 2.24) is 14.9 Å². The van der Waals surface area contributed by atoms with Crippen LogP contribution in [-0.2, 0) is 7.05 Å². The summed E-state index contributed by atoms with van der Waals surface area (Å²) in [5.74, 6) is 0.339. The van der Waals surface area contributed by atoms with Crippen molar-refractivity contribution in [2.24, 2.45) is 7.05 Å². The average Bonchev–Trinajstić information content (AvgIpc) is 2.97. The van der Waals surface area contributed by atoms with Crippen LogP contribution >= 0.6 is 11.3 Å². The standard InChI is InChI=1S/C11H10N4OS/c1-15-6-7(5-13-15)10-9(11(12)16-14-10)8-3-2-4-17-8/h2-6H,12H2,1H3. The minimum atomic E-state index is 0.339. The second-order valence-electron chi connectivity index (χ2n) is 3.65. The number of anilines is 1. The first kappa shape index (κ1) is 10.1. The maximum atomic E-state index is 5.83. The average molecular weight is 246 g/mol. The molecule has 0 bridgehead atoms. The molecule has 0 saturated heterocycles. The summed E-state index contributed by atoms with van der Waals surface area (Å²) in [6.07, 6.45) is 3.63. The molecule has 0 aliphatic rings. The molecule has 0 saturated carbocycles. The molecule has 0 aliphatic heterocycles. The molecule has 6 heteroatoms. The van der Waals surface area contributed by atoms with Crippen molar-refractivity contribution < 1.29 is 4.52 Å². The highest BCUT2D eigenvalue weighted by Crippen LogP contribution is 2.38. The highest BCUT2D eigenvalue weighted by molar-refractivity contribution is 7.13. The summed E-state index contributed by atoms with van der Waals surface area (Å²) in [4.78, 5) is 1.04.